The number of fused-ring (bicyclic) bond motifs is 7. The van der Waals surface area contributed by atoms with E-state index < -0.39 is 36.0 Å². The largest absolute Gasteiger partial charge is 0.481 e. The summed E-state index contributed by atoms with van der Waals surface area (Å²) in [5, 5.41) is 51.2. The van der Waals surface area contributed by atoms with Gasteiger partial charge in [0.2, 0.25) is 0 Å². The quantitative estimate of drug-likeness (QED) is 0.210. The van der Waals surface area contributed by atoms with Gasteiger partial charge in [0.05, 0.1) is 18.1 Å². The number of hydrogen-bond acceptors (Lipinski definition) is 6. The van der Waals surface area contributed by atoms with Crippen LogP contribution < -0.4 is 0 Å². The lowest BCUT2D eigenvalue weighted by atomic mass is 9.36. The lowest BCUT2D eigenvalue weighted by molar-refractivity contribution is -0.245. The van der Waals surface area contributed by atoms with Crippen LogP contribution in [0.2, 0.25) is 0 Å². The summed E-state index contributed by atoms with van der Waals surface area (Å²) in [7, 11) is 0. The summed E-state index contributed by atoms with van der Waals surface area (Å²) < 4.78 is 6.04. The van der Waals surface area contributed by atoms with Crippen LogP contribution in [0.5, 0.6) is 0 Å². The molecule has 4 saturated carbocycles. The van der Waals surface area contributed by atoms with Crippen LogP contribution in [0.15, 0.2) is 11.6 Å². The molecule has 0 radical (unpaired) electrons. The summed E-state index contributed by atoms with van der Waals surface area (Å²) in [6.07, 6.45) is 7.59. The number of carbonyl (C=O) groups is 1. The smallest absolute Gasteiger partial charge is 0.310 e. The van der Waals surface area contributed by atoms with Gasteiger partial charge in [-0.2, -0.15) is 0 Å². The number of aliphatic carboxylic acids is 1. The van der Waals surface area contributed by atoms with Gasteiger partial charge in [-0.05, 0) is 123 Å². The van der Waals surface area contributed by atoms with E-state index in [0.717, 1.165) is 64.2 Å². The fraction of sp³-hybridized carbons (Fsp3) is 0.912. The molecule has 12 unspecified atom stereocenters. The maximum atomic E-state index is 12.7. The first-order valence-electron chi connectivity index (χ1n) is 16.4. The maximum Gasteiger partial charge on any atom is 0.310 e. The highest BCUT2D eigenvalue weighted by Crippen LogP contribution is 2.72. The van der Waals surface area contributed by atoms with E-state index in [1.807, 2.05) is 0 Å². The summed E-state index contributed by atoms with van der Waals surface area (Å²) in [6, 6.07) is 0. The van der Waals surface area contributed by atoms with E-state index in [9.17, 15) is 30.3 Å². The maximum absolute atomic E-state index is 12.7. The molecule has 0 saturated heterocycles. The van der Waals surface area contributed by atoms with Gasteiger partial charge in [-0.15, -0.1) is 0 Å². The number of hydrogen-bond donors (Lipinski definition) is 5. The van der Waals surface area contributed by atoms with Crippen molar-refractivity contribution >= 4 is 5.97 Å². The van der Waals surface area contributed by atoms with Gasteiger partial charge in [0, 0.05) is 0 Å². The zero-order valence-corrected chi connectivity index (χ0v) is 26.2. The Hall–Kier alpha value is -0.990. The van der Waals surface area contributed by atoms with Crippen molar-refractivity contribution < 1.29 is 35.1 Å². The van der Waals surface area contributed by atoms with Crippen LogP contribution in [-0.2, 0) is 9.53 Å². The molecule has 5 rings (SSSR count). The molecular weight excluding hydrogens is 520 g/mol. The molecule has 7 heteroatoms. The molecule has 41 heavy (non-hydrogen) atoms. The highest BCUT2D eigenvalue weighted by molar-refractivity contribution is 5.76. The molecule has 0 aromatic heterocycles. The Morgan fingerprint density at radius 3 is 2.22 bits per heavy atom. The van der Waals surface area contributed by atoms with Crippen molar-refractivity contribution in [2.45, 2.75) is 130 Å². The first-order valence-corrected chi connectivity index (χ1v) is 16.4. The zero-order chi connectivity index (χ0) is 30.1. The molecular formula is C34H56O7. The standard InChI is InChI=1S/C34H56O7/c1-19-9-15-34(30(39)40)16-11-22-21(24(34)17-19)7-8-27-32(22,5)14-12-26-31(3,4)23(10-13-33(26,27)6)28(29(37)38)41-25(18-35)20(2)36/h7,19-20,22-29,35-38H,8-18H2,1-6H3,(H,39,40). The fourth-order valence-electron chi connectivity index (χ4n) is 11.7. The summed E-state index contributed by atoms with van der Waals surface area (Å²) in [4.78, 5) is 12.7. The minimum absolute atomic E-state index is 0.0713. The SMILES string of the molecule is CC1CCC2(C(=O)O)CCC3C(=CCC4C3(C)CCC3C(C)(C)C(C(OC(CO)C(C)O)C(O)O)CCC34C)C2C1. The Labute approximate surface area is 246 Å². The summed E-state index contributed by atoms with van der Waals surface area (Å²) in [5.41, 5.74) is 0.836. The van der Waals surface area contributed by atoms with Crippen molar-refractivity contribution in [2.75, 3.05) is 6.61 Å². The summed E-state index contributed by atoms with van der Waals surface area (Å²) >= 11 is 0. The van der Waals surface area contributed by atoms with E-state index in [2.05, 4.69) is 40.7 Å². The van der Waals surface area contributed by atoms with Crippen LogP contribution in [0.25, 0.3) is 0 Å². The second-order valence-corrected chi connectivity index (χ2v) is 16.0. The molecule has 0 bridgehead atoms. The molecule has 5 aliphatic rings. The van der Waals surface area contributed by atoms with Crippen LogP contribution in [0.1, 0.15) is 106 Å². The average molecular weight is 577 g/mol. The van der Waals surface area contributed by atoms with E-state index >= 15 is 0 Å². The fourth-order valence-corrected chi connectivity index (χ4v) is 11.7. The molecule has 0 amide bonds. The number of carboxylic acids is 1. The molecule has 4 fully saturated rings. The second kappa shape index (κ2) is 10.9. The highest BCUT2D eigenvalue weighted by atomic mass is 16.6. The number of carboxylic acid groups (broad SMARTS) is 1. The Morgan fingerprint density at radius 1 is 0.951 bits per heavy atom. The number of allylic oxidation sites excluding steroid dienone is 2. The molecule has 7 nitrogen and oxygen atoms in total. The third-order valence-corrected chi connectivity index (χ3v) is 13.8. The van der Waals surface area contributed by atoms with Gasteiger partial charge in [0.25, 0.3) is 0 Å². The van der Waals surface area contributed by atoms with Crippen LogP contribution in [-0.4, -0.2) is 62.7 Å². The monoisotopic (exact) mass is 576 g/mol. The number of aliphatic hydroxyl groups is 4. The Kier molecular flexibility index (Phi) is 8.33. The van der Waals surface area contributed by atoms with E-state index in [4.69, 9.17) is 4.74 Å². The second-order valence-electron chi connectivity index (χ2n) is 16.0. The summed E-state index contributed by atoms with van der Waals surface area (Å²) in [5.74, 6) is 1.31. The molecule has 0 aliphatic heterocycles. The van der Waals surface area contributed by atoms with Crippen LogP contribution in [0, 0.1) is 57.2 Å². The average Bonchev–Trinajstić information content (AvgIpc) is 2.89. The summed E-state index contributed by atoms with van der Waals surface area (Å²) in [6.45, 7) is 13.0. The number of rotatable bonds is 7. The zero-order valence-electron chi connectivity index (χ0n) is 26.2. The van der Waals surface area contributed by atoms with E-state index in [1.54, 1.807) is 6.92 Å². The van der Waals surface area contributed by atoms with E-state index in [-0.39, 0.29) is 34.7 Å². The van der Waals surface area contributed by atoms with Crippen LogP contribution in [0.3, 0.4) is 0 Å². The third-order valence-electron chi connectivity index (χ3n) is 13.8. The van der Waals surface area contributed by atoms with Gasteiger partial charge in [-0.25, -0.2) is 0 Å². The Balaban J connectivity index is 1.45. The van der Waals surface area contributed by atoms with Gasteiger partial charge in [0.1, 0.15) is 12.2 Å². The molecule has 0 aromatic rings. The van der Waals surface area contributed by atoms with Crippen molar-refractivity contribution in [3.63, 3.8) is 0 Å². The lowest BCUT2D eigenvalue weighted by Crippen LogP contribution is -2.63. The van der Waals surface area contributed by atoms with Gasteiger partial charge in [0.15, 0.2) is 6.29 Å². The van der Waals surface area contributed by atoms with Crippen molar-refractivity contribution in [1.82, 2.24) is 0 Å². The molecule has 0 heterocycles. The Morgan fingerprint density at radius 2 is 1.61 bits per heavy atom. The molecule has 0 aromatic carbocycles. The van der Waals surface area contributed by atoms with Gasteiger partial charge >= 0.3 is 5.97 Å². The topological polar surface area (TPSA) is 127 Å². The third kappa shape index (κ3) is 4.75. The van der Waals surface area contributed by atoms with Crippen molar-refractivity contribution in [2.24, 2.45) is 57.2 Å². The normalized spacial score (nSPS) is 45.8. The number of ether oxygens (including phenoxy) is 1. The van der Waals surface area contributed by atoms with Crippen molar-refractivity contribution in [1.29, 1.82) is 0 Å². The van der Waals surface area contributed by atoms with Crippen LogP contribution in [0.4, 0.5) is 0 Å². The number of aliphatic hydroxyl groups excluding tert-OH is 3. The van der Waals surface area contributed by atoms with Crippen molar-refractivity contribution in [3.8, 4) is 0 Å². The van der Waals surface area contributed by atoms with E-state index in [0.29, 0.717) is 23.7 Å². The van der Waals surface area contributed by atoms with Gasteiger partial charge in [-0.1, -0.05) is 46.3 Å². The minimum Gasteiger partial charge on any atom is -0.481 e. The van der Waals surface area contributed by atoms with Gasteiger partial charge < -0.3 is 30.3 Å². The molecule has 234 valence electrons. The molecule has 5 N–H and O–H groups in total. The van der Waals surface area contributed by atoms with E-state index in [1.165, 1.54) is 5.57 Å². The highest BCUT2D eigenvalue weighted by Gasteiger charge is 2.66. The molecule has 0 spiro atoms. The minimum atomic E-state index is -1.69. The first kappa shape index (κ1) is 31.4. The molecule has 5 aliphatic carbocycles. The van der Waals surface area contributed by atoms with Gasteiger partial charge in [-0.3, -0.25) is 4.79 Å². The predicted octanol–water partition coefficient (Wildman–Crippen LogP) is 5.15. The lowest BCUT2D eigenvalue weighted by Gasteiger charge is -2.68. The molecule has 12 atom stereocenters. The van der Waals surface area contributed by atoms with Crippen molar-refractivity contribution in [3.05, 3.63) is 11.6 Å². The Bertz CT molecular complexity index is 1020. The first-order chi connectivity index (χ1) is 19.1. The van der Waals surface area contributed by atoms with Crippen LogP contribution >= 0.6 is 0 Å². The predicted molar refractivity (Wildman–Crippen MR) is 157 cm³/mol.